The van der Waals surface area contributed by atoms with E-state index in [9.17, 15) is 9.59 Å². The normalized spacial score (nSPS) is 9.25. The van der Waals surface area contributed by atoms with Crippen LogP contribution < -0.4 is 10.6 Å². The lowest BCUT2D eigenvalue weighted by atomic mass is 10.3. The first kappa shape index (κ1) is 14.4. The molecule has 4 nitrogen and oxygen atoms in total. The van der Waals surface area contributed by atoms with Crippen molar-refractivity contribution in [3.8, 4) is 0 Å². The Kier molecular flexibility index (Phi) is 8.97. The van der Waals surface area contributed by atoms with E-state index >= 15 is 0 Å². The summed E-state index contributed by atoms with van der Waals surface area (Å²) in [6, 6.07) is 0. The molecule has 2 amide bonds. The van der Waals surface area contributed by atoms with E-state index in [0.717, 1.165) is 0 Å². The van der Waals surface area contributed by atoms with Crippen LogP contribution in [0.4, 0.5) is 0 Å². The summed E-state index contributed by atoms with van der Waals surface area (Å²) in [4.78, 5) is 22.3. The quantitative estimate of drug-likeness (QED) is 0.456. The molecule has 0 aromatic rings. The summed E-state index contributed by atoms with van der Waals surface area (Å²) >= 11 is 0. The molecule has 0 spiro atoms. The van der Waals surface area contributed by atoms with Crippen LogP contribution >= 0.6 is 0 Å². The highest BCUT2D eigenvalue weighted by molar-refractivity contribution is 5.77. The Morgan fingerprint density at radius 3 is 1.56 bits per heavy atom. The van der Waals surface area contributed by atoms with E-state index in [1.54, 1.807) is 12.2 Å². The van der Waals surface area contributed by atoms with Crippen LogP contribution in [0.5, 0.6) is 0 Å². The average molecular weight is 224 g/mol. The summed E-state index contributed by atoms with van der Waals surface area (Å²) in [6.45, 7) is 8.01. The maximum Gasteiger partial charge on any atom is 0.220 e. The van der Waals surface area contributed by atoms with Crippen LogP contribution in [0.15, 0.2) is 25.3 Å². The zero-order valence-electron chi connectivity index (χ0n) is 9.63. The molecule has 4 heteroatoms. The molecule has 0 aliphatic rings. The van der Waals surface area contributed by atoms with E-state index in [2.05, 4.69) is 23.8 Å². The van der Waals surface area contributed by atoms with Gasteiger partial charge in [0.15, 0.2) is 0 Å². The minimum Gasteiger partial charge on any atom is -0.354 e. The molecule has 0 atom stereocenters. The van der Waals surface area contributed by atoms with Gasteiger partial charge in [-0.3, -0.25) is 9.59 Å². The molecule has 0 saturated heterocycles. The summed E-state index contributed by atoms with van der Waals surface area (Å²) in [5.74, 6) is -0.0273. The van der Waals surface area contributed by atoms with Crippen molar-refractivity contribution in [2.75, 3.05) is 13.1 Å². The Morgan fingerprint density at radius 1 is 0.875 bits per heavy atom. The lowest BCUT2D eigenvalue weighted by Crippen LogP contribution is -2.34. The van der Waals surface area contributed by atoms with Crippen molar-refractivity contribution < 1.29 is 9.59 Å². The lowest BCUT2D eigenvalue weighted by Gasteiger charge is -2.05. The van der Waals surface area contributed by atoms with Crippen LogP contribution in [0, 0.1) is 0 Å². The third-order valence-corrected chi connectivity index (χ3v) is 1.92. The number of amides is 2. The van der Waals surface area contributed by atoms with Crippen LogP contribution in [0.2, 0.25) is 0 Å². The molecule has 0 heterocycles. The fraction of sp³-hybridized carbons (Fsp3) is 0.500. The molecule has 0 fully saturated rings. The van der Waals surface area contributed by atoms with Crippen molar-refractivity contribution in [2.24, 2.45) is 0 Å². The summed E-state index contributed by atoms with van der Waals surface area (Å²) in [5, 5.41) is 5.41. The number of hydrogen-bond donors (Lipinski definition) is 2. The van der Waals surface area contributed by atoms with E-state index in [-0.39, 0.29) is 11.8 Å². The molecule has 0 aliphatic heterocycles. The number of carbonyl (C=O) groups excluding carboxylic acids is 2. The van der Waals surface area contributed by atoms with Crippen molar-refractivity contribution >= 4 is 11.8 Å². The maximum atomic E-state index is 11.1. The van der Waals surface area contributed by atoms with Gasteiger partial charge in [0.05, 0.1) is 0 Å². The van der Waals surface area contributed by atoms with E-state index in [1.807, 2.05) is 0 Å². The summed E-state index contributed by atoms with van der Waals surface area (Å²) in [6.07, 6.45) is 5.67. The molecule has 0 rings (SSSR count). The van der Waals surface area contributed by atoms with Gasteiger partial charge in [-0.15, -0.1) is 13.2 Å². The van der Waals surface area contributed by atoms with Gasteiger partial charge in [-0.1, -0.05) is 12.2 Å². The van der Waals surface area contributed by atoms with Gasteiger partial charge >= 0.3 is 0 Å². The van der Waals surface area contributed by atoms with Crippen LogP contribution in [0.1, 0.15) is 25.7 Å². The Morgan fingerprint density at radius 2 is 1.25 bits per heavy atom. The topological polar surface area (TPSA) is 58.2 Å². The van der Waals surface area contributed by atoms with Gasteiger partial charge in [-0.05, 0) is 12.8 Å². The van der Waals surface area contributed by atoms with Gasteiger partial charge in [0, 0.05) is 25.9 Å². The predicted octanol–water partition coefficient (Wildman–Crippen LogP) is 1.15. The molecule has 0 aliphatic carbocycles. The van der Waals surface area contributed by atoms with Crippen LogP contribution in [-0.4, -0.2) is 24.9 Å². The standard InChI is InChI=1S/C12H20N2O2/c1-3-5-7-11(15)13-9-10-14-12(16)8-6-4-2/h3-4H,1-2,5-10H2,(H,13,15)(H,14,16). The molecule has 0 radical (unpaired) electrons. The highest BCUT2D eigenvalue weighted by atomic mass is 16.2. The minimum absolute atomic E-state index is 0.0137. The second-order valence-electron chi connectivity index (χ2n) is 3.35. The Bertz CT molecular complexity index is 223. The fourth-order valence-electron chi connectivity index (χ4n) is 1.05. The first-order valence-corrected chi connectivity index (χ1v) is 5.46. The van der Waals surface area contributed by atoms with E-state index < -0.39 is 0 Å². The lowest BCUT2D eigenvalue weighted by molar-refractivity contribution is -0.122. The number of rotatable bonds is 9. The summed E-state index contributed by atoms with van der Waals surface area (Å²) < 4.78 is 0. The fourth-order valence-corrected chi connectivity index (χ4v) is 1.05. The third-order valence-electron chi connectivity index (χ3n) is 1.92. The molecule has 0 unspecified atom stereocenters. The molecular weight excluding hydrogens is 204 g/mol. The molecule has 0 saturated carbocycles. The van der Waals surface area contributed by atoms with Crippen molar-refractivity contribution in [2.45, 2.75) is 25.7 Å². The minimum atomic E-state index is -0.0137. The second kappa shape index (κ2) is 9.96. The highest BCUT2D eigenvalue weighted by Crippen LogP contribution is 1.89. The Labute approximate surface area is 96.8 Å². The summed E-state index contributed by atoms with van der Waals surface area (Å²) in [7, 11) is 0. The van der Waals surface area contributed by atoms with Gasteiger partial charge in [0.1, 0.15) is 0 Å². The van der Waals surface area contributed by atoms with Crippen molar-refractivity contribution in [3.05, 3.63) is 25.3 Å². The number of nitrogens with one attached hydrogen (secondary N) is 2. The number of hydrogen-bond acceptors (Lipinski definition) is 2. The molecule has 2 N–H and O–H groups in total. The van der Waals surface area contributed by atoms with Gasteiger partial charge < -0.3 is 10.6 Å². The largest absolute Gasteiger partial charge is 0.354 e. The van der Waals surface area contributed by atoms with Gasteiger partial charge in [0.25, 0.3) is 0 Å². The third kappa shape index (κ3) is 8.99. The number of carbonyl (C=O) groups is 2. The first-order valence-electron chi connectivity index (χ1n) is 5.46. The number of allylic oxidation sites excluding steroid dienone is 2. The van der Waals surface area contributed by atoms with Crippen molar-refractivity contribution in [1.29, 1.82) is 0 Å². The second-order valence-corrected chi connectivity index (χ2v) is 3.35. The SMILES string of the molecule is C=CCCC(=O)NCCNC(=O)CCC=C. The Hall–Kier alpha value is -1.58. The smallest absolute Gasteiger partial charge is 0.220 e. The molecule has 16 heavy (non-hydrogen) atoms. The van der Waals surface area contributed by atoms with Gasteiger partial charge in [-0.25, -0.2) is 0 Å². The molecule has 0 aromatic heterocycles. The van der Waals surface area contributed by atoms with Gasteiger partial charge in [0.2, 0.25) is 11.8 Å². The first-order chi connectivity index (χ1) is 7.70. The van der Waals surface area contributed by atoms with Gasteiger partial charge in [-0.2, -0.15) is 0 Å². The molecule has 90 valence electrons. The molecular formula is C12H20N2O2. The summed E-state index contributed by atoms with van der Waals surface area (Å²) in [5.41, 5.74) is 0. The van der Waals surface area contributed by atoms with Crippen molar-refractivity contribution in [1.82, 2.24) is 10.6 Å². The average Bonchev–Trinajstić information content (AvgIpc) is 2.29. The molecule has 0 bridgehead atoms. The predicted molar refractivity (Wildman–Crippen MR) is 64.9 cm³/mol. The van der Waals surface area contributed by atoms with E-state index in [0.29, 0.717) is 38.8 Å². The monoisotopic (exact) mass is 224 g/mol. The van der Waals surface area contributed by atoms with E-state index in [1.165, 1.54) is 0 Å². The zero-order chi connectivity index (χ0) is 12.2. The van der Waals surface area contributed by atoms with Crippen molar-refractivity contribution in [3.63, 3.8) is 0 Å². The maximum absolute atomic E-state index is 11.1. The van der Waals surface area contributed by atoms with E-state index in [4.69, 9.17) is 0 Å². The van der Waals surface area contributed by atoms with Crippen LogP contribution in [-0.2, 0) is 9.59 Å². The Balaban J connectivity index is 3.37. The van der Waals surface area contributed by atoms with Crippen LogP contribution in [0.3, 0.4) is 0 Å². The molecule has 0 aromatic carbocycles. The van der Waals surface area contributed by atoms with Crippen LogP contribution in [0.25, 0.3) is 0 Å². The zero-order valence-corrected chi connectivity index (χ0v) is 9.63. The highest BCUT2D eigenvalue weighted by Gasteiger charge is 2.00.